The maximum Gasteiger partial charge on any atom is 0.410 e. The van der Waals surface area contributed by atoms with Crippen molar-refractivity contribution in [3.63, 3.8) is 0 Å². The number of alkyl carbamates (subject to hydrolysis) is 1. The van der Waals surface area contributed by atoms with Gasteiger partial charge in [0.25, 0.3) is 0 Å². The highest BCUT2D eigenvalue weighted by molar-refractivity contribution is 5.76. The summed E-state index contributed by atoms with van der Waals surface area (Å²) in [6, 6.07) is 8.65. The van der Waals surface area contributed by atoms with Crippen LogP contribution in [-0.4, -0.2) is 54.4 Å². The summed E-state index contributed by atoms with van der Waals surface area (Å²) in [5, 5.41) is 2.71. The Morgan fingerprint density at radius 3 is 2.45 bits per heavy atom. The van der Waals surface area contributed by atoms with Gasteiger partial charge < -0.3 is 24.4 Å². The summed E-state index contributed by atoms with van der Waals surface area (Å²) in [6.07, 6.45) is -0.773. The molecule has 8 heteroatoms. The minimum atomic E-state index is -0.654. The first-order valence-corrected chi connectivity index (χ1v) is 9.81. The second-order valence-electron chi connectivity index (χ2n) is 7.89. The van der Waals surface area contributed by atoms with Crippen LogP contribution in [0.15, 0.2) is 30.3 Å². The number of ether oxygens (including phenoxy) is 3. The monoisotopic (exact) mass is 406 g/mol. The molecule has 0 aliphatic carbocycles. The van der Waals surface area contributed by atoms with Gasteiger partial charge in [0.05, 0.1) is 18.6 Å². The summed E-state index contributed by atoms with van der Waals surface area (Å²) in [6.45, 7) is 7.92. The van der Waals surface area contributed by atoms with Gasteiger partial charge in [0.2, 0.25) is 0 Å². The quantitative estimate of drug-likeness (QED) is 0.596. The Balaban J connectivity index is 2.01. The van der Waals surface area contributed by atoms with E-state index >= 15 is 0 Å². The van der Waals surface area contributed by atoms with Crippen LogP contribution in [0.4, 0.5) is 9.59 Å². The molecule has 0 spiro atoms. The normalized spacial score (nSPS) is 19.2. The summed E-state index contributed by atoms with van der Waals surface area (Å²) >= 11 is 0. The van der Waals surface area contributed by atoms with E-state index in [4.69, 9.17) is 14.2 Å². The van der Waals surface area contributed by atoms with Gasteiger partial charge >= 0.3 is 18.2 Å². The number of amides is 2. The van der Waals surface area contributed by atoms with E-state index in [1.54, 1.807) is 27.7 Å². The number of carbonyl (C=O) groups excluding carboxylic acids is 3. The Labute approximate surface area is 171 Å². The Hall–Kier alpha value is -2.77. The summed E-state index contributed by atoms with van der Waals surface area (Å²) in [5.74, 6) is -0.956. The van der Waals surface area contributed by atoms with Gasteiger partial charge in [-0.25, -0.2) is 9.59 Å². The zero-order valence-electron chi connectivity index (χ0n) is 17.5. The molecule has 2 rings (SSSR count). The number of likely N-dealkylation sites (tertiary alicyclic amines) is 1. The van der Waals surface area contributed by atoms with Gasteiger partial charge in [-0.2, -0.15) is 0 Å². The number of carbonyl (C=O) groups is 3. The minimum absolute atomic E-state index is 0.110. The van der Waals surface area contributed by atoms with Crippen LogP contribution in [0.2, 0.25) is 0 Å². The number of esters is 1. The summed E-state index contributed by atoms with van der Waals surface area (Å²) in [4.78, 5) is 38.5. The molecule has 160 valence electrons. The molecule has 0 saturated carbocycles. The van der Waals surface area contributed by atoms with Crippen LogP contribution in [0.25, 0.3) is 0 Å². The molecule has 0 aromatic heterocycles. The molecule has 1 aliphatic heterocycles. The fourth-order valence-electron chi connectivity index (χ4n) is 3.04. The topological polar surface area (TPSA) is 94.2 Å². The van der Waals surface area contributed by atoms with Gasteiger partial charge in [-0.05, 0) is 39.7 Å². The first-order chi connectivity index (χ1) is 13.7. The smallest absolute Gasteiger partial charge is 0.410 e. The highest BCUT2D eigenvalue weighted by Gasteiger charge is 2.39. The molecule has 2 atom stereocenters. The molecule has 0 unspecified atom stereocenters. The van der Waals surface area contributed by atoms with Crippen molar-refractivity contribution in [2.75, 3.05) is 19.7 Å². The van der Waals surface area contributed by atoms with Gasteiger partial charge in [0, 0.05) is 13.1 Å². The van der Waals surface area contributed by atoms with E-state index < -0.39 is 35.7 Å². The average molecular weight is 406 g/mol. The number of hydrogen-bond acceptors (Lipinski definition) is 6. The maximum absolute atomic E-state index is 12.4. The molecule has 1 saturated heterocycles. The van der Waals surface area contributed by atoms with E-state index in [9.17, 15) is 14.4 Å². The van der Waals surface area contributed by atoms with Gasteiger partial charge in [-0.15, -0.1) is 0 Å². The molecule has 0 radical (unpaired) electrons. The van der Waals surface area contributed by atoms with Crippen molar-refractivity contribution >= 4 is 18.2 Å². The van der Waals surface area contributed by atoms with Gasteiger partial charge in [0.15, 0.2) is 0 Å². The number of rotatable bonds is 5. The molecule has 1 aromatic rings. The third-order valence-corrected chi connectivity index (χ3v) is 4.37. The maximum atomic E-state index is 12.4. The van der Waals surface area contributed by atoms with Crippen LogP contribution in [0, 0.1) is 5.92 Å². The van der Waals surface area contributed by atoms with Gasteiger partial charge in [-0.1, -0.05) is 30.3 Å². The second kappa shape index (κ2) is 10.1. The van der Waals surface area contributed by atoms with Crippen molar-refractivity contribution in [1.29, 1.82) is 0 Å². The molecule has 1 fully saturated rings. The first-order valence-electron chi connectivity index (χ1n) is 9.81. The fraction of sp³-hybridized carbons (Fsp3) is 0.571. The third kappa shape index (κ3) is 7.29. The Kier molecular flexibility index (Phi) is 7.87. The molecule has 0 bridgehead atoms. The number of nitrogens with one attached hydrogen (secondary N) is 1. The second-order valence-corrected chi connectivity index (χ2v) is 7.89. The van der Waals surface area contributed by atoms with Crippen LogP contribution in [-0.2, 0) is 25.6 Å². The van der Waals surface area contributed by atoms with E-state index in [1.165, 1.54) is 4.90 Å². The standard InChI is InChI=1S/C21H30N2O6/c1-5-27-18(24)16-11-12-23(20(26)29-21(2,3)4)13-17(16)22-19(25)28-14-15-9-7-6-8-10-15/h6-10,16-17H,5,11-14H2,1-4H3,(H,22,25)/t16-,17-/m0/s1. The summed E-state index contributed by atoms with van der Waals surface area (Å²) < 4.78 is 15.8. The zero-order chi connectivity index (χ0) is 21.4. The molecule has 1 N–H and O–H groups in total. The Morgan fingerprint density at radius 1 is 1.14 bits per heavy atom. The van der Waals surface area contributed by atoms with Crippen molar-refractivity contribution in [2.45, 2.75) is 52.4 Å². The number of piperidine rings is 1. The van der Waals surface area contributed by atoms with E-state index in [2.05, 4.69) is 5.32 Å². The van der Waals surface area contributed by atoms with Crippen molar-refractivity contribution in [3.05, 3.63) is 35.9 Å². The van der Waals surface area contributed by atoms with Crippen molar-refractivity contribution < 1.29 is 28.6 Å². The summed E-state index contributed by atoms with van der Waals surface area (Å²) in [5.41, 5.74) is 0.218. The largest absolute Gasteiger partial charge is 0.466 e. The Morgan fingerprint density at radius 2 is 1.83 bits per heavy atom. The van der Waals surface area contributed by atoms with Crippen LogP contribution in [0.1, 0.15) is 39.7 Å². The Bertz CT molecular complexity index is 701. The lowest BCUT2D eigenvalue weighted by molar-refractivity contribution is -0.150. The molecular weight excluding hydrogens is 376 g/mol. The van der Waals surface area contributed by atoms with E-state index in [-0.39, 0.29) is 19.8 Å². The zero-order valence-corrected chi connectivity index (χ0v) is 17.5. The van der Waals surface area contributed by atoms with E-state index in [0.717, 1.165) is 5.56 Å². The highest BCUT2D eigenvalue weighted by Crippen LogP contribution is 2.22. The average Bonchev–Trinajstić information content (AvgIpc) is 2.66. The van der Waals surface area contributed by atoms with Crippen LogP contribution < -0.4 is 5.32 Å². The first kappa shape index (κ1) is 22.5. The molecule has 1 heterocycles. The van der Waals surface area contributed by atoms with E-state index in [0.29, 0.717) is 13.0 Å². The van der Waals surface area contributed by atoms with Gasteiger partial charge in [-0.3, -0.25) is 4.79 Å². The van der Waals surface area contributed by atoms with Crippen molar-refractivity contribution in [3.8, 4) is 0 Å². The lowest BCUT2D eigenvalue weighted by atomic mass is 9.92. The molecular formula is C21H30N2O6. The minimum Gasteiger partial charge on any atom is -0.466 e. The lowest BCUT2D eigenvalue weighted by Gasteiger charge is -2.37. The number of hydrogen-bond donors (Lipinski definition) is 1. The third-order valence-electron chi connectivity index (χ3n) is 4.37. The predicted octanol–water partition coefficient (Wildman–Crippen LogP) is 3.10. The molecule has 8 nitrogen and oxygen atoms in total. The highest BCUT2D eigenvalue weighted by atomic mass is 16.6. The fourth-order valence-corrected chi connectivity index (χ4v) is 3.04. The summed E-state index contributed by atoms with van der Waals surface area (Å²) in [7, 11) is 0. The van der Waals surface area contributed by atoms with Crippen LogP contribution in [0.5, 0.6) is 0 Å². The number of nitrogens with zero attached hydrogens (tertiary/aromatic N) is 1. The van der Waals surface area contributed by atoms with Crippen molar-refractivity contribution in [1.82, 2.24) is 10.2 Å². The SMILES string of the molecule is CCOC(=O)[C@H]1CCN(C(=O)OC(C)(C)C)C[C@@H]1NC(=O)OCc1ccccc1. The van der Waals surface area contributed by atoms with Crippen LogP contribution >= 0.6 is 0 Å². The molecule has 2 amide bonds. The molecule has 29 heavy (non-hydrogen) atoms. The van der Waals surface area contributed by atoms with Crippen LogP contribution in [0.3, 0.4) is 0 Å². The predicted molar refractivity (Wildman–Crippen MR) is 106 cm³/mol. The van der Waals surface area contributed by atoms with Crippen molar-refractivity contribution in [2.24, 2.45) is 5.92 Å². The molecule has 1 aliphatic rings. The van der Waals surface area contributed by atoms with E-state index in [1.807, 2.05) is 30.3 Å². The lowest BCUT2D eigenvalue weighted by Crippen LogP contribution is -2.56. The van der Waals surface area contributed by atoms with Gasteiger partial charge in [0.1, 0.15) is 12.2 Å². The molecule has 1 aromatic carbocycles. The number of benzene rings is 1.